The van der Waals surface area contributed by atoms with Crippen molar-refractivity contribution in [1.82, 2.24) is 9.47 Å². The summed E-state index contributed by atoms with van der Waals surface area (Å²) in [7, 11) is 0. The van der Waals surface area contributed by atoms with E-state index in [9.17, 15) is 9.18 Å². The molecule has 29 heavy (non-hydrogen) atoms. The Morgan fingerprint density at radius 2 is 1.69 bits per heavy atom. The third kappa shape index (κ3) is 4.34. The number of anilines is 1. The normalized spacial score (nSPS) is 15.4. The quantitative estimate of drug-likeness (QED) is 0.650. The van der Waals surface area contributed by atoms with Gasteiger partial charge in [0.2, 0.25) is 5.91 Å². The third-order valence-electron chi connectivity index (χ3n) is 5.61. The maximum Gasteiger partial charge on any atom is 0.225 e. The molecule has 2 heterocycles. The van der Waals surface area contributed by atoms with E-state index >= 15 is 0 Å². The monoisotopic (exact) mass is 391 g/mol. The lowest BCUT2D eigenvalue weighted by Crippen LogP contribution is -2.49. The minimum atomic E-state index is -0.209. The fraction of sp³-hybridized carbons (Fsp3) is 0.292. The zero-order chi connectivity index (χ0) is 20.2. The van der Waals surface area contributed by atoms with Crippen LogP contribution in [0.3, 0.4) is 0 Å². The predicted molar refractivity (Wildman–Crippen MR) is 114 cm³/mol. The fourth-order valence-corrected chi connectivity index (χ4v) is 4.03. The summed E-state index contributed by atoms with van der Waals surface area (Å²) < 4.78 is 16.2. The van der Waals surface area contributed by atoms with Crippen LogP contribution in [0.2, 0.25) is 0 Å². The highest BCUT2D eigenvalue weighted by Gasteiger charge is 2.26. The molecule has 0 aliphatic carbocycles. The van der Waals surface area contributed by atoms with Gasteiger partial charge in [0, 0.05) is 38.6 Å². The van der Waals surface area contributed by atoms with E-state index in [1.54, 1.807) is 12.1 Å². The first kappa shape index (κ1) is 19.2. The molecule has 0 saturated carbocycles. The molecule has 0 N–H and O–H groups in total. The van der Waals surface area contributed by atoms with Crippen LogP contribution in [0.25, 0.3) is 0 Å². The Morgan fingerprint density at radius 3 is 2.38 bits per heavy atom. The molecule has 2 aromatic carbocycles. The maximum absolute atomic E-state index is 14.1. The van der Waals surface area contributed by atoms with E-state index < -0.39 is 0 Å². The number of hydrogen-bond acceptors (Lipinski definition) is 2. The highest BCUT2D eigenvalue weighted by Crippen LogP contribution is 2.25. The Balaban J connectivity index is 1.44. The Kier molecular flexibility index (Phi) is 5.65. The van der Waals surface area contributed by atoms with Gasteiger partial charge in [-0.1, -0.05) is 42.0 Å². The standard InChI is InChI=1S/C24H26FN3O/c1-19-7-6-8-20(17-19)23(26-11-4-5-12-26)18-24(29)28-15-13-27(14-16-28)22-10-3-2-9-21(22)25/h2-12,17,23H,13-16,18H2,1H3. The predicted octanol–water partition coefficient (Wildman–Crippen LogP) is 4.26. The van der Waals surface area contributed by atoms with Crippen LogP contribution in [0, 0.1) is 12.7 Å². The molecule has 0 radical (unpaired) electrons. The number of carbonyl (C=O) groups is 1. The van der Waals surface area contributed by atoms with Crippen molar-refractivity contribution >= 4 is 11.6 Å². The molecule has 0 bridgehead atoms. The van der Waals surface area contributed by atoms with Gasteiger partial charge in [0.05, 0.1) is 18.2 Å². The number of aryl methyl sites for hydroxylation is 1. The van der Waals surface area contributed by atoms with Crippen molar-refractivity contribution in [2.24, 2.45) is 0 Å². The van der Waals surface area contributed by atoms with Crippen LogP contribution in [0.1, 0.15) is 23.6 Å². The first-order valence-corrected chi connectivity index (χ1v) is 10.1. The van der Waals surface area contributed by atoms with Crippen molar-refractivity contribution < 1.29 is 9.18 Å². The molecule has 3 aromatic rings. The first-order chi connectivity index (χ1) is 14.1. The summed E-state index contributed by atoms with van der Waals surface area (Å²) in [5.74, 6) is -0.0715. The lowest BCUT2D eigenvalue weighted by Gasteiger charge is -2.37. The molecule has 1 atom stereocenters. The molecular formula is C24H26FN3O. The van der Waals surface area contributed by atoms with Gasteiger partial charge >= 0.3 is 0 Å². The van der Waals surface area contributed by atoms with Crippen LogP contribution in [-0.2, 0) is 4.79 Å². The number of hydrogen-bond donors (Lipinski definition) is 0. The molecule has 4 nitrogen and oxygen atoms in total. The van der Waals surface area contributed by atoms with Crippen molar-refractivity contribution in [3.8, 4) is 0 Å². The van der Waals surface area contributed by atoms with Gasteiger partial charge in [-0.25, -0.2) is 4.39 Å². The SMILES string of the molecule is Cc1cccc(C(CC(=O)N2CCN(c3ccccc3F)CC2)n2cccc2)c1. The van der Waals surface area contributed by atoms with E-state index in [-0.39, 0.29) is 17.8 Å². The number of carbonyl (C=O) groups excluding carboxylic acids is 1. The van der Waals surface area contributed by atoms with E-state index in [4.69, 9.17) is 0 Å². The van der Waals surface area contributed by atoms with E-state index in [1.807, 2.05) is 46.5 Å². The van der Waals surface area contributed by atoms with Gasteiger partial charge in [0.1, 0.15) is 5.82 Å². The number of piperazine rings is 1. The minimum absolute atomic E-state index is 0.0259. The van der Waals surface area contributed by atoms with Crippen LogP contribution in [-0.4, -0.2) is 41.6 Å². The lowest BCUT2D eigenvalue weighted by atomic mass is 10.0. The molecule has 5 heteroatoms. The summed E-state index contributed by atoms with van der Waals surface area (Å²) in [6.07, 6.45) is 4.44. The molecule has 1 aliphatic rings. The summed E-state index contributed by atoms with van der Waals surface area (Å²) in [5.41, 5.74) is 2.94. The Bertz CT molecular complexity index is 962. The van der Waals surface area contributed by atoms with Crippen molar-refractivity contribution in [1.29, 1.82) is 0 Å². The molecule has 1 amide bonds. The van der Waals surface area contributed by atoms with Crippen LogP contribution in [0.15, 0.2) is 73.1 Å². The molecule has 1 saturated heterocycles. The summed E-state index contributed by atoms with van der Waals surface area (Å²) >= 11 is 0. The largest absolute Gasteiger partial charge is 0.366 e. The molecule has 150 valence electrons. The summed E-state index contributed by atoms with van der Waals surface area (Å²) in [5, 5.41) is 0. The summed E-state index contributed by atoms with van der Waals surface area (Å²) in [4.78, 5) is 17.0. The number of amides is 1. The minimum Gasteiger partial charge on any atom is -0.366 e. The molecular weight excluding hydrogens is 365 g/mol. The number of aromatic nitrogens is 1. The fourth-order valence-electron chi connectivity index (χ4n) is 4.03. The highest BCUT2D eigenvalue weighted by atomic mass is 19.1. The molecule has 1 aromatic heterocycles. The second-order valence-electron chi connectivity index (χ2n) is 7.58. The maximum atomic E-state index is 14.1. The Labute approximate surface area is 171 Å². The topological polar surface area (TPSA) is 28.5 Å². The van der Waals surface area contributed by atoms with Gasteiger partial charge in [-0.05, 0) is 36.8 Å². The van der Waals surface area contributed by atoms with Crippen molar-refractivity contribution in [2.45, 2.75) is 19.4 Å². The van der Waals surface area contributed by atoms with Gasteiger partial charge in [0.25, 0.3) is 0 Å². The molecule has 1 fully saturated rings. The number of benzene rings is 2. The highest BCUT2D eigenvalue weighted by molar-refractivity contribution is 5.77. The average molecular weight is 391 g/mol. The average Bonchev–Trinajstić information content (AvgIpc) is 3.27. The summed E-state index contributed by atoms with van der Waals surface area (Å²) in [6.45, 7) is 4.58. The van der Waals surface area contributed by atoms with E-state index in [2.05, 4.69) is 29.7 Å². The number of halogens is 1. The Hall–Kier alpha value is -3.08. The second-order valence-corrected chi connectivity index (χ2v) is 7.58. The van der Waals surface area contributed by atoms with Crippen LogP contribution in [0.5, 0.6) is 0 Å². The molecule has 4 rings (SSSR count). The van der Waals surface area contributed by atoms with Gasteiger partial charge in [0.15, 0.2) is 0 Å². The Morgan fingerprint density at radius 1 is 0.966 bits per heavy atom. The van der Waals surface area contributed by atoms with Crippen molar-refractivity contribution in [3.05, 3.63) is 90.0 Å². The van der Waals surface area contributed by atoms with Crippen LogP contribution >= 0.6 is 0 Å². The van der Waals surface area contributed by atoms with Gasteiger partial charge in [-0.15, -0.1) is 0 Å². The zero-order valence-corrected chi connectivity index (χ0v) is 16.7. The van der Waals surface area contributed by atoms with Crippen molar-refractivity contribution in [2.75, 3.05) is 31.1 Å². The zero-order valence-electron chi connectivity index (χ0n) is 16.7. The van der Waals surface area contributed by atoms with Gasteiger partial charge in [-0.2, -0.15) is 0 Å². The summed E-state index contributed by atoms with van der Waals surface area (Å²) in [6, 6.07) is 19.1. The number of nitrogens with zero attached hydrogens (tertiary/aromatic N) is 3. The van der Waals surface area contributed by atoms with Crippen molar-refractivity contribution in [3.63, 3.8) is 0 Å². The molecule has 0 spiro atoms. The van der Waals surface area contributed by atoms with Crippen LogP contribution < -0.4 is 4.90 Å². The number of para-hydroxylation sites is 1. The number of rotatable bonds is 5. The second kappa shape index (κ2) is 8.52. The first-order valence-electron chi connectivity index (χ1n) is 10.1. The van der Waals surface area contributed by atoms with Gasteiger partial charge < -0.3 is 14.4 Å². The van der Waals surface area contributed by atoms with E-state index in [1.165, 1.54) is 11.6 Å². The third-order valence-corrected chi connectivity index (χ3v) is 5.61. The molecule has 1 unspecified atom stereocenters. The van der Waals surface area contributed by atoms with E-state index in [0.717, 1.165) is 5.56 Å². The van der Waals surface area contributed by atoms with E-state index in [0.29, 0.717) is 38.3 Å². The smallest absolute Gasteiger partial charge is 0.225 e. The van der Waals surface area contributed by atoms with Crippen LogP contribution in [0.4, 0.5) is 10.1 Å². The lowest BCUT2D eigenvalue weighted by molar-refractivity contribution is -0.132. The molecule has 1 aliphatic heterocycles. The van der Waals surface area contributed by atoms with Gasteiger partial charge in [-0.3, -0.25) is 4.79 Å².